The highest BCUT2D eigenvalue weighted by atomic mass is 16.5. The maximum Gasteiger partial charge on any atom is 0.404 e. The lowest BCUT2D eigenvalue weighted by Gasteiger charge is -2.12. The Morgan fingerprint density at radius 3 is 1.74 bits per heavy atom. The van der Waals surface area contributed by atoms with Crippen molar-refractivity contribution in [2.24, 2.45) is 5.73 Å². The van der Waals surface area contributed by atoms with Crippen LogP contribution >= 0.6 is 0 Å². The Kier molecular flexibility index (Phi) is 9.75. The summed E-state index contributed by atoms with van der Waals surface area (Å²) in [4.78, 5) is 34.3. The van der Waals surface area contributed by atoms with Crippen LogP contribution in [0.3, 0.4) is 0 Å². The van der Waals surface area contributed by atoms with Crippen LogP contribution in [0, 0.1) is 0 Å². The van der Waals surface area contributed by atoms with Crippen molar-refractivity contribution in [3.63, 3.8) is 0 Å². The van der Waals surface area contributed by atoms with E-state index in [2.05, 4.69) is 4.74 Å². The molecule has 0 aromatic heterocycles. The van der Waals surface area contributed by atoms with Crippen molar-refractivity contribution in [1.29, 1.82) is 0 Å². The Hall–Kier alpha value is -1.85. The standard InChI is InChI=1S/C17H28N2O4/c18-17(22)23-14-10-8-6-4-2-1-3-5-7-9-13-19-15(20)11-12-16(19)21/h11-12H,1-10,13-14H2,(H2,18,22). The fraction of sp³-hybridized carbons (Fsp3) is 0.706. The van der Waals surface area contributed by atoms with Crippen LogP contribution in [0.2, 0.25) is 0 Å². The predicted octanol–water partition coefficient (Wildman–Crippen LogP) is 2.91. The average Bonchev–Trinajstić information content (AvgIpc) is 2.83. The van der Waals surface area contributed by atoms with Crippen LogP contribution in [0.25, 0.3) is 0 Å². The van der Waals surface area contributed by atoms with E-state index in [9.17, 15) is 14.4 Å². The summed E-state index contributed by atoms with van der Waals surface area (Å²) in [6.07, 6.45) is 13.0. The summed E-state index contributed by atoms with van der Waals surface area (Å²) in [5.41, 5.74) is 4.87. The van der Waals surface area contributed by atoms with E-state index in [0.717, 1.165) is 38.5 Å². The van der Waals surface area contributed by atoms with Crippen molar-refractivity contribution < 1.29 is 19.1 Å². The molecule has 0 aromatic rings. The minimum atomic E-state index is -0.695. The highest BCUT2D eigenvalue weighted by Gasteiger charge is 2.21. The number of carbonyl (C=O) groups excluding carboxylic acids is 3. The van der Waals surface area contributed by atoms with E-state index in [-0.39, 0.29) is 11.8 Å². The van der Waals surface area contributed by atoms with Gasteiger partial charge in [-0.15, -0.1) is 0 Å². The molecular formula is C17H28N2O4. The van der Waals surface area contributed by atoms with Crippen molar-refractivity contribution in [2.75, 3.05) is 13.2 Å². The fourth-order valence-corrected chi connectivity index (χ4v) is 2.61. The maximum atomic E-state index is 11.3. The molecule has 1 aliphatic rings. The number of amides is 3. The lowest BCUT2D eigenvalue weighted by molar-refractivity contribution is -0.136. The lowest BCUT2D eigenvalue weighted by Crippen LogP contribution is -2.30. The molecule has 0 bridgehead atoms. The van der Waals surface area contributed by atoms with E-state index in [1.807, 2.05) is 0 Å². The molecule has 6 nitrogen and oxygen atoms in total. The second kappa shape index (κ2) is 11.7. The van der Waals surface area contributed by atoms with Crippen LogP contribution in [-0.2, 0) is 14.3 Å². The van der Waals surface area contributed by atoms with Crippen LogP contribution in [0.4, 0.5) is 4.79 Å². The van der Waals surface area contributed by atoms with E-state index in [4.69, 9.17) is 5.73 Å². The van der Waals surface area contributed by atoms with Gasteiger partial charge in [-0.3, -0.25) is 14.5 Å². The minimum absolute atomic E-state index is 0.184. The number of primary amides is 1. The first-order valence-corrected chi connectivity index (χ1v) is 8.57. The molecule has 0 saturated carbocycles. The second-order valence-electron chi connectivity index (χ2n) is 5.86. The number of ether oxygens (including phenoxy) is 1. The third-order valence-electron chi connectivity index (χ3n) is 3.92. The fourth-order valence-electron chi connectivity index (χ4n) is 2.61. The van der Waals surface area contributed by atoms with Gasteiger partial charge in [0, 0.05) is 18.7 Å². The quantitative estimate of drug-likeness (QED) is 0.416. The SMILES string of the molecule is NC(=O)OCCCCCCCCCCCCN1C(=O)C=CC1=O. The van der Waals surface area contributed by atoms with Gasteiger partial charge in [-0.1, -0.05) is 51.4 Å². The van der Waals surface area contributed by atoms with Crippen molar-refractivity contribution in [3.8, 4) is 0 Å². The van der Waals surface area contributed by atoms with Crippen molar-refractivity contribution in [1.82, 2.24) is 4.90 Å². The van der Waals surface area contributed by atoms with E-state index in [1.165, 1.54) is 42.7 Å². The van der Waals surface area contributed by atoms with Crippen LogP contribution in [0.1, 0.15) is 64.2 Å². The van der Waals surface area contributed by atoms with Crippen molar-refractivity contribution in [2.45, 2.75) is 64.2 Å². The predicted molar refractivity (Wildman–Crippen MR) is 87.6 cm³/mol. The monoisotopic (exact) mass is 324 g/mol. The summed E-state index contributed by atoms with van der Waals surface area (Å²) < 4.78 is 4.66. The van der Waals surface area contributed by atoms with Gasteiger partial charge in [0.05, 0.1) is 6.61 Å². The molecule has 0 radical (unpaired) electrons. The third-order valence-corrected chi connectivity index (χ3v) is 3.92. The van der Waals surface area contributed by atoms with Crippen LogP contribution in [-0.4, -0.2) is 36.0 Å². The molecule has 130 valence electrons. The zero-order valence-electron chi connectivity index (χ0n) is 13.8. The van der Waals surface area contributed by atoms with Crippen molar-refractivity contribution >= 4 is 17.9 Å². The topological polar surface area (TPSA) is 89.7 Å². The van der Waals surface area contributed by atoms with Gasteiger partial charge in [-0.05, 0) is 12.8 Å². The molecule has 0 aromatic carbocycles. The Labute approximate surface area is 138 Å². The van der Waals surface area contributed by atoms with Gasteiger partial charge < -0.3 is 10.5 Å². The highest BCUT2D eigenvalue weighted by molar-refractivity contribution is 6.12. The van der Waals surface area contributed by atoms with Gasteiger partial charge in [0.15, 0.2) is 0 Å². The summed E-state index contributed by atoms with van der Waals surface area (Å²) in [6.45, 7) is 0.963. The van der Waals surface area contributed by atoms with Gasteiger partial charge in [0.25, 0.3) is 11.8 Å². The highest BCUT2D eigenvalue weighted by Crippen LogP contribution is 2.12. The molecule has 1 aliphatic heterocycles. The van der Waals surface area contributed by atoms with E-state index >= 15 is 0 Å². The van der Waals surface area contributed by atoms with Crippen LogP contribution in [0.15, 0.2) is 12.2 Å². The first-order valence-electron chi connectivity index (χ1n) is 8.57. The largest absolute Gasteiger partial charge is 0.450 e. The smallest absolute Gasteiger partial charge is 0.404 e. The molecule has 3 amide bonds. The molecule has 0 fully saturated rings. The summed E-state index contributed by atoms with van der Waals surface area (Å²) in [6, 6.07) is 0. The average molecular weight is 324 g/mol. The first kappa shape index (κ1) is 19.2. The molecular weight excluding hydrogens is 296 g/mol. The number of hydrogen-bond acceptors (Lipinski definition) is 4. The zero-order valence-corrected chi connectivity index (χ0v) is 13.8. The molecule has 2 N–H and O–H groups in total. The summed E-state index contributed by atoms with van der Waals surface area (Å²) in [5, 5.41) is 0. The maximum absolute atomic E-state index is 11.3. The molecule has 0 aliphatic carbocycles. The van der Waals surface area contributed by atoms with Crippen molar-refractivity contribution in [3.05, 3.63) is 12.2 Å². The summed E-state index contributed by atoms with van der Waals surface area (Å²) in [7, 11) is 0. The summed E-state index contributed by atoms with van der Waals surface area (Å²) >= 11 is 0. The number of nitrogens with two attached hydrogens (primary N) is 1. The Morgan fingerprint density at radius 1 is 0.826 bits per heavy atom. The zero-order chi connectivity index (χ0) is 16.9. The molecule has 1 heterocycles. The second-order valence-corrected chi connectivity index (χ2v) is 5.86. The molecule has 6 heteroatoms. The van der Waals surface area contributed by atoms with Crippen LogP contribution in [0.5, 0.6) is 0 Å². The van der Waals surface area contributed by atoms with E-state index in [0.29, 0.717) is 13.2 Å². The number of unbranched alkanes of at least 4 members (excludes halogenated alkanes) is 9. The van der Waals surface area contributed by atoms with E-state index in [1.54, 1.807) is 0 Å². The minimum Gasteiger partial charge on any atom is -0.450 e. The number of carbonyl (C=O) groups is 3. The molecule has 0 saturated heterocycles. The Balaban J connectivity index is 1.79. The van der Waals surface area contributed by atoms with E-state index < -0.39 is 6.09 Å². The Bertz CT molecular complexity index is 403. The van der Waals surface area contributed by atoms with Gasteiger partial charge >= 0.3 is 6.09 Å². The molecule has 0 atom stereocenters. The van der Waals surface area contributed by atoms with Gasteiger partial charge in [0.1, 0.15) is 0 Å². The van der Waals surface area contributed by atoms with Gasteiger partial charge in [0.2, 0.25) is 0 Å². The molecule has 0 spiro atoms. The summed E-state index contributed by atoms with van der Waals surface area (Å²) in [5.74, 6) is -0.368. The Morgan fingerprint density at radius 2 is 1.26 bits per heavy atom. The molecule has 1 rings (SSSR count). The first-order chi connectivity index (χ1) is 11.1. The lowest BCUT2D eigenvalue weighted by atomic mass is 10.1. The number of nitrogens with zero attached hydrogens (tertiary/aromatic N) is 1. The molecule has 23 heavy (non-hydrogen) atoms. The number of rotatable bonds is 13. The van der Waals surface area contributed by atoms with Gasteiger partial charge in [-0.2, -0.15) is 0 Å². The third kappa shape index (κ3) is 9.01. The number of hydrogen-bond donors (Lipinski definition) is 1. The molecule has 0 unspecified atom stereocenters. The normalized spacial score (nSPS) is 13.8. The number of imide groups is 1. The van der Waals surface area contributed by atoms with Gasteiger partial charge in [-0.25, -0.2) is 4.79 Å². The van der Waals surface area contributed by atoms with Crippen LogP contribution < -0.4 is 5.73 Å².